The first-order chi connectivity index (χ1) is 18.2. The molecule has 0 atom stereocenters. The summed E-state index contributed by atoms with van der Waals surface area (Å²) in [7, 11) is 1.60. The molecule has 1 aromatic heterocycles. The molecule has 0 unspecified atom stereocenters. The predicted molar refractivity (Wildman–Crippen MR) is 143 cm³/mol. The number of para-hydroxylation sites is 1. The van der Waals surface area contributed by atoms with E-state index in [4.69, 9.17) is 9.47 Å². The molecule has 0 N–H and O–H groups in total. The Morgan fingerprint density at radius 3 is 1.92 bits per heavy atom. The smallest absolute Gasteiger partial charge is 0.198 e. The van der Waals surface area contributed by atoms with Gasteiger partial charge in [-0.05, 0) is 48.6 Å². The number of hydrogen-bond donors (Lipinski definition) is 0. The van der Waals surface area contributed by atoms with Gasteiger partial charge in [0.2, 0.25) is 0 Å². The van der Waals surface area contributed by atoms with Gasteiger partial charge < -0.3 is 9.47 Å². The van der Waals surface area contributed by atoms with Crippen molar-refractivity contribution in [3.8, 4) is 5.75 Å². The first-order valence-corrected chi connectivity index (χ1v) is 11.9. The fourth-order valence-corrected chi connectivity index (χ4v) is 4.57. The van der Waals surface area contributed by atoms with Crippen molar-refractivity contribution in [2.45, 2.75) is 5.54 Å². The van der Waals surface area contributed by atoms with Crippen molar-refractivity contribution in [1.82, 2.24) is 15.0 Å². The number of benzene rings is 4. The molecular weight excluding hydrogens is 462 g/mol. The van der Waals surface area contributed by atoms with Gasteiger partial charge in [-0.3, -0.25) is 4.79 Å². The highest BCUT2D eigenvalue weighted by Gasteiger charge is 2.43. The summed E-state index contributed by atoms with van der Waals surface area (Å²) in [6, 6.07) is 34.2. The minimum Gasteiger partial charge on any atom is -0.497 e. The Kier molecular flexibility index (Phi) is 5.62. The summed E-state index contributed by atoms with van der Waals surface area (Å²) in [6.45, 7) is 0. The third-order valence-electron chi connectivity index (χ3n) is 6.46. The van der Waals surface area contributed by atoms with Gasteiger partial charge in [0.15, 0.2) is 11.3 Å². The van der Waals surface area contributed by atoms with Gasteiger partial charge in [0.25, 0.3) is 0 Å². The SMILES string of the molecule is COc1ccc(C(=O)C2(n3nnc4ccccc43)C=C(c3ccccc3)OC(c3ccccc3)=C2)cc1. The lowest BCUT2D eigenvalue weighted by molar-refractivity contribution is 0.0888. The second-order valence-electron chi connectivity index (χ2n) is 8.72. The molecule has 0 aliphatic carbocycles. The largest absolute Gasteiger partial charge is 0.497 e. The minimum atomic E-state index is -1.35. The van der Waals surface area contributed by atoms with Gasteiger partial charge in [0.1, 0.15) is 22.8 Å². The van der Waals surface area contributed by atoms with Crippen LogP contribution in [-0.4, -0.2) is 27.9 Å². The molecule has 0 saturated heterocycles. The van der Waals surface area contributed by atoms with Crippen LogP contribution in [0, 0.1) is 0 Å². The Morgan fingerprint density at radius 2 is 1.32 bits per heavy atom. The lowest BCUT2D eigenvalue weighted by atomic mass is 9.84. The molecule has 5 aromatic rings. The number of carbonyl (C=O) groups is 1. The van der Waals surface area contributed by atoms with E-state index in [-0.39, 0.29) is 5.78 Å². The van der Waals surface area contributed by atoms with Crippen molar-refractivity contribution in [3.63, 3.8) is 0 Å². The average molecular weight is 486 g/mol. The van der Waals surface area contributed by atoms with Gasteiger partial charge in [0.05, 0.1) is 12.6 Å². The molecule has 0 amide bonds. The topological polar surface area (TPSA) is 66.2 Å². The zero-order chi connectivity index (χ0) is 25.2. The fourth-order valence-electron chi connectivity index (χ4n) is 4.57. The second-order valence-corrected chi connectivity index (χ2v) is 8.72. The van der Waals surface area contributed by atoms with Crippen LogP contribution in [0.3, 0.4) is 0 Å². The monoisotopic (exact) mass is 485 g/mol. The molecule has 37 heavy (non-hydrogen) atoms. The number of carbonyl (C=O) groups excluding carboxylic acids is 1. The highest BCUT2D eigenvalue weighted by atomic mass is 16.5. The number of rotatable bonds is 6. The van der Waals surface area contributed by atoms with Crippen molar-refractivity contribution in [2.75, 3.05) is 7.11 Å². The summed E-state index contributed by atoms with van der Waals surface area (Å²) in [6.07, 6.45) is 3.67. The van der Waals surface area contributed by atoms with E-state index >= 15 is 0 Å². The number of allylic oxidation sites excluding steroid dienone is 2. The number of hydrogen-bond acceptors (Lipinski definition) is 5. The lowest BCUT2D eigenvalue weighted by Gasteiger charge is -2.32. The Hall–Kier alpha value is -4.97. The van der Waals surface area contributed by atoms with Gasteiger partial charge in [-0.25, -0.2) is 4.68 Å². The molecule has 0 fully saturated rings. The van der Waals surface area contributed by atoms with Crippen molar-refractivity contribution < 1.29 is 14.3 Å². The first kappa shape index (κ1) is 22.5. The van der Waals surface area contributed by atoms with E-state index < -0.39 is 5.54 Å². The lowest BCUT2D eigenvalue weighted by Crippen LogP contribution is -2.41. The molecule has 0 bridgehead atoms. The van der Waals surface area contributed by atoms with E-state index in [1.807, 2.05) is 97.1 Å². The standard InChI is InChI=1S/C31H23N3O3/c1-36-25-18-16-24(17-19-25)30(35)31(34-27-15-9-8-14-26(27)32-33-34)20-28(22-10-4-2-5-11-22)37-29(21-31)23-12-6-3-7-13-23/h2-21H,1H3. The number of fused-ring (bicyclic) bond motifs is 1. The molecule has 6 rings (SSSR count). The number of aromatic nitrogens is 3. The van der Waals surface area contributed by atoms with Gasteiger partial charge >= 0.3 is 0 Å². The molecule has 6 nitrogen and oxygen atoms in total. The third kappa shape index (κ3) is 3.98. The van der Waals surface area contributed by atoms with Crippen LogP contribution in [0.2, 0.25) is 0 Å². The van der Waals surface area contributed by atoms with Crippen molar-refractivity contribution in [3.05, 3.63) is 138 Å². The fraction of sp³-hybridized carbons (Fsp3) is 0.0645. The molecular formula is C31H23N3O3. The van der Waals surface area contributed by atoms with Crippen LogP contribution in [0.5, 0.6) is 5.75 Å². The highest BCUT2D eigenvalue weighted by molar-refractivity contribution is 6.07. The summed E-state index contributed by atoms with van der Waals surface area (Å²) in [5.41, 5.74) is 2.29. The van der Waals surface area contributed by atoms with E-state index in [9.17, 15) is 4.79 Å². The molecule has 4 aromatic carbocycles. The average Bonchev–Trinajstić information content (AvgIpc) is 3.42. The third-order valence-corrected chi connectivity index (χ3v) is 6.46. The summed E-state index contributed by atoms with van der Waals surface area (Å²) >= 11 is 0. The first-order valence-electron chi connectivity index (χ1n) is 11.9. The molecule has 6 heteroatoms. The van der Waals surface area contributed by atoms with Gasteiger partial charge in [-0.15, -0.1) is 5.10 Å². The predicted octanol–water partition coefficient (Wildman–Crippen LogP) is 6.13. The van der Waals surface area contributed by atoms with Crippen LogP contribution in [0.15, 0.2) is 121 Å². The van der Waals surface area contributed by atoms with Crippen LogP contribution in [-0.2, 0) is 10.3 Å². The van der Waals surface area contributed by atoms with Crippen LogP contribution in [0.1, 0.15) is 21.5 Å². The zero-order valence-electron chi connectivity index (χ0n) is 20.1. The van der Waals surface area contributed by atoms with E-state index in [1.165, 1.54) is 0 Å². The quantitative estimate of drug-likeness (QED) is 0.271. The normalized spacial score (nSPS) is 14.4. The maximum Gasteiger partial charge on any atom is 0.198 e. The second kappa shape index (κ2) is 9.24. The molecule has 0 radical (unpaired) electrons. The summed E-state index contributed by atoms with van der Waals surface area (Å²) < 4.78 is 13.4. The van der Waals surface area contributed by atoms with E-state index in [1.54, 1.807) is 36.1 Å². The van der Waals surface area contributed by atoms with Crippen molar-refractivity contribution in [1.29, 1.82) is 0 Å². The molecule has 0 spiro atoms. The summed E-state index contributed by atoms with van der Waals surface area (Å²) in [5.74, 6) is 1.62. The Bertz CT molecular complexity index is 1580. The summed E-state index contributed by atoms with van der Waals surface area (Å²) in [4.78, 5) is 14.5. The zero-order valence-corrected chi connectivity index (χ0v) is 20.1. The molecule has 1 aliphatic rings. The Labute approximate surface area is 214 Å². The number of ether oxygens (including phenoxy) is 2. The van der Waals surface area contributed by atoms with Crippen LogP contribution in [0.4, 0.5) is 0 Å². The maximum absolute atomic E-state index is 14.5. The minimum absolute atomic E-state index is 0.170. The van der Waals surface area contributed by atoms with Gasteiger partial charge in [-0.1, -0.05) is 78.0 Å². The Morgan fingerprint density at radius 1 is 0.757 bits per heavy atom. The molecule has 2 heterocycles. The van der Waals surface area contributed by atoms with Gasteiger partial charge in [0, 0.05) is 16.7 Å². The van der Waals surface area contributed by atoms with E-state index in [0.717, 1.165) is 16.6 Å². The molecule has 1 aliphatic heterocycles. The van der Waals surface area contributed by atoms with Crippen molar-refractivity contribution in [2.24, 2.45) is 0 Å². The highest BCUT2D eigenvalue weighted by Crippen LogP contribution is 2.40. The van der Waals surface area contributed by atoms with E-state index in [0.29, 0.717) is 28.3 Å². The van der Waals surface area contributed by atoms with Crippen LogP contribution >= 0.6 is 0 Å². The maximum atomic E-state index is 14.5. The number of Topliss-reactive ketones (excluding diaryl/α,β-unsaturated/α-hetero) is 1. The summed E-state index contributed by atoms with van der Waals surface area (Å²) in [5, 5.41) is 8.88. The number of methoxy groups -OCH3 is 1. The molecule has 180 valence electrons. The number of nitrogens with zero attached hydrogens (tertiary/aromatic N) is 3. The van der Waals surface area contributed by atoms with Crippen molar-refractivity contribution >= 4 is 28.3 Å². The van der Waals surface area contributed by atoms with Gasteiger partial charge in [-0.2, -0.15) is 0 Å². The Balaban J connectivity index is 1.65. The van der Waals surface area contributed by atoms with E-state index in [2.05, 4.69) is 10.3 Å². The van der Waals surface area contributed by atoms with Crippen LogP contribution in [0.25, 0.3) is 22.6 Å². The number of ketones is 1. The van der Waals surface area contributed by atoms with Crippen LogP contribution < -0.4 is 4.74 Å². The molecule has 0 saturated carbocycles.